The molecule has 0 aliphatic heterocycles. The van der Waals surface area contributed by atoms with Crippen molar-refractivity contribution in [2.24, 2.45) is 0 Å². The summed E-state index contributed by atoms with van der Waals surface area (Å²) in [6.07, 6.45) is 2.47. The number of nitrogens with one attached hydrogen (secondary N) is 2. The van der Waals surface area contributed by atoms with Gasteiger partial charge in [0.15, 0.2) is 0 Å². The first-order chi connectivity index (χ1) is 15.9. The van der Waals surface area contributed by atoms with Crippen LogP contribution in [0, 0.1) is 6.92 Å². The van der Waals surface area contributed by atoms with Crippen molar-refractivity contribution in [2.75, 3.05) is 20.6 Å². The topological polar surface area (TPSA) is 126 Å². The number of benzene rings is 2. The number of carbonyl (C=O) groups is 1. The molecule has 0 bridgehead atoms. The van der Waals surface area contributed by atoms with E-state index in [0.29, 0.717) is 22.0 Å². The summed E-state index contributed by atoms with van der Waals surface area (Å²) in [7, 11) is -7.71. The van der Waals surface area contributed by atoms with Crippen LogP contribution in [0.15, 0.2) is 71.8 Å². The number of pyridine rings is 1. The zero-order valence-electron chi connectivity index (χ0n) is 18.6. The Bertz CT molecular complexity index is 1400. The summed E-state index contributed by atoms with van der Waals surface area (Å²) in [6, 6.07) is 14.0. The summed E-state index contributed by atoms with van der Waals surface area (Å²) in [6.45, 7) is 3.17. The Kier molecular flexibility index (Phi) is 7.49. The van der Waals surface area contributed by atoms with E-state index < -0.39 is 32.0 Å². The highest BCUT2D eigenvalue weighted by Gasteiger charge is 2.30. The second kappa shape index (κ2) is 10.00. The van der Waals surface area contributed by atoms with Gasteiger partial charge in [0.25, 0.3) is 10.0 Å². The molecule has 9 nitrogen and oxygen atoms in total. The molecular weight excluding hydrogens is 500 g/mol. The van der Waals surface area contributed by atoms with Gasteiger partial charge in [0.1, 0.15) is 11.9 Å². The molecule has 2 aromatic carbocycles. The zero-order valence-corrected chi connectivity index (χ0v) is 20.9. The van der Waals surface area contributed by atoms with Crippen molar-refractivity contribution in [3.8, 4) is 0 Å². The fraction of sp³-hybridized carbons (Fsp3) is 0.182. The van der Waals surface area contributed by atoms with Gasteiger partial charge in [-0.1, -0.05) is 23.7 Å². The van der Waals surface area contributed by atoms with E-state index in [9.17, 15) is 21.6 Å². The van der Waals surface area contributed by atoms with Crippen LogP contribution in [-0.4, -0.2) is 40.0 Å². The van der Waals surface area contributed by atoms with Crippen molar-refractivity contribution in [1.82, 2.24) is 4.98 Å². The lowest BCUT2D eigenvalue weighted by Crippen LogP contribution is -2.45. The third-order valence-corrected chi connectivity index (χ3v) is 7.67. The normalized spacial score (nSPS) is 12.6. The second-order valence-corrected chi connectivity index (χ2v) is 11.5. The summed E-state index contributed by atoms with van der Waals surface area (Å²) in [4.78, 5) is 16.8. The average molecular weight is 523 g/mol. The first-order valence-corrected chi connectivity index (χ1v) is 13.7. The number of rotatable bonds is 8. The van der Waals surface area contributed by atoms with Crippen LogP contribution in [0.3, 0.4) is 0 Å². The van der Waals surface area contributed by atoms with Gasteiger partial charge < -0.3 is 5.32 Å². The Balaban J connectivity index is 1.79. The molecule has 0 aliphatic rings. The molecular formula is C22H23ClN4O5S2. The largest absolute Gasteiger partial charge is 0.324 e. The first-order valence-electron chi connectivity index (χ1n) is 9.99. The maximum Gasteiger partial charge on any atom is 0.263 e. The molecule has 1 amide bonds. The van der Waals surface area contributed by atoms with Crippen LogP contribution in [0.4, 0.5) is 17.2 Å². The van der Waals surface area contributed by atoms with Crippen LogP contribution in [0.25, 0.3) is 0 Å². The lowest BCUT2D eigenvalue weighted by atomic mass is 10.1. The fourth-order valence-electron chi connectivity index (χ4n) is 3.18. The number of aromatic nitrogens is 1. The van der Waals surface area contributed by atoms with E-state index >= 15 is 0 Å². The van der Waals surface area contributed by atoms with E-state index in [0.717, 1.165) is 10.6 Å². The molecule has 3 rings (SSSR count). The van der Waals surface area contributed by atoms with Gasteiger partial charge in [-0.3, -0.25) is 13.8 Å². The van der Waals surface area contributed by atoms with Crippen LogP contribution in [0.2, 0.25) is 5.02 Å². The van der Waals surface area contributed by atoms with E-state index in [-0.39, 0.29) is 10.7 Å². The quantitative estimate of drug-likeness (QED) is 0.465. The van der Waals surface area contributed by atoms with E-state index in [1.54, 1.807) is 31.2 Å². The third-order valence-electron chi connectivity index (χ3n) is 4.83. The van der Waals surface area contributed by atoms with Crippen molar-refractivity contribution in [1.29, 1.82) is 0 Å². The molecule has 2 N–H and O–H groups in total. The van der Waals surface area contributed by atoms with Crippen LogP contribution >= 0.6 is 11.6 Å². The standard InChI is InChI=1S/C22H23ClN4O5S2/c1-15-7-8-17(23)14-20(15)27(33(3,29)30)16(2)22(28)25-18-9-11-19(12-10-18)34(31,32)26-21-6-4-5-13-24-21/h4-14,16H,1-3H3,(H,24,26)(H,25,28)/t16-/m0/s1. The van der Waals surface area contributed by atoms with Crippen LogP contribution in [0.5, 0.6) is 0 Å². The van der Waals surface area contributed by atoms with Gasteiger partial charge in [-0.15, -0.1) is 0 Å². The summed E-state index contributed by atoms with van der Waals surface area (Å²) < 4.78 is 53.5. The van der Waals surface area contributed by atoms with Crippen molar-refractivity contribution < 1.29 is 21.6 Å². The van der Waals surface area contributed by atoms with Gasteiger partial charge in [-0.05, 0) is 67.9 Å². The second-order valence-electron chi connectivity index (χ2n) is 7.50. The Labute approximate surface area is 203 Å². The number of carbonyl (C=O) groups excluding carboxylic acids is 1. The minimum Gasteiger partial charge on any atom is -0.324 e. The molecule has 180 valence electrons. The lowest BCUT2D eigenvalue weighted by Gasteiger charge is -2.29. The van der Waals surface area contributed by atoms with Crippen molar-refractivity contribution in [3.05, 3.63) is 77.4 Å². The van der Waals surface area contributed by atoms with Gasteiger partial charge in [0.2, 0.25) is 15.9 Å². The highest BCUT2D eigenvalue weighted by molar-refractivity contribution is 7.92. The predicted octanol–water partition coefficient (Wildman–Crippen LogP) is 3.64. The van der Waals surface area contributed by atoms with Gasteiger partial charge >= 0.3 is 0 Å². The van der Waals surface area contributed by atoms with Gasteiger partial charge in [-0.2, -0.15) is 0 Å². The number of amides is 1. The molecule has 0 fully saturated rings. The molecule has 0 spiro atoms. The Morgan fingerprint density at radius 2 is 1.71 bits per heavy atom. The summed E-state index contributed by atoms with van der Waals surface area (Å²) in [5.74, 6) is -0.433. The molecule has 0 unspecified atom stereocenters. The molecule has 0 aliphatic carbocycles. The fourth-order valence-corrected chi connectivity index (χ4v) is 5.58. The van der Waals surface area contributed by atoms with Crippen molar-refractivity contribution >= 4 is 54.7 Å². The maximum absolute atomic E-state index is 12.9. The molecule has 3 aromatic rings. The SMILES string of the molecule is Cc1ccc(Cl)cc1N([C@@H](C)C(=O)Nc1ccc(S(=O)(=O)Nc2ccccn2)cc1)S(C)(=O)=O. The van der Waals surface area contributed by atoms with Crippen molar-refractivity contribution in [2.45, 2.75) is 24.8 Å². The average Bonchev–Trinajstić information content (AvgIpc) is 2.76. The van der Waals surface area contributed by atoms with Crippen LogP contribution in [-0.2, 0) is 24.8 Å². The molecule has 1 atom stereocenters. The summed E-state index contributed by atoms with van der Waals surface area (Å²) in [5.41, 5.74) is 1.22. The number of halogens is 1. The summed E-state index contributed by atoms with van der Waals surface area (Å²) in [5, 5.41) is 2.95. The predicted molar refractivity (Wildman–Crippen MR) is 133 cm³/mol. The van der Waals surface area contributed by atoms with E-state index in [1.165, 1.54) is 49.5 Å². The summed E-state index contributed by atoms with van der Waals surface area (Å²) >= 11 is 6.05. The third kappa shape index (κ3) is 6.04. The number of nitrogens with zero attached hydrogens (tertiary/aromatic N) is 2. The zero-order chi connectivity index (χ0) is 25.1. The number of hydrogen-bond donors (Lipinski definition) is 2. The molecule has 1 heterocycles. The van der Waals surface area contributed by atoms with E-state index in [1.807, 2.05) is 0 Å². The van der Waals surface area contributed by atoms with Crippen LogP contribution in [0.1, 0.15) is 12.5 Å². The minimum absolute atomic E-state index is 0.0310. The van der Waals surface area contributed by atoms with E-state index in [4.69, 9.17) is 11.6 Å². The molecule has 0 saturated carbocycles. The maximum atomic E-state index is 12.9. The molecule has 1 aromatic heterocycles. The van der Waals surface area contributed by atoms with E-state index in [2.05, 4.69) is 15.0 Å². The number of anilines is 3. The van der Waals surface area contributed by atoms with Gasteiger partial charge in [-0.25, -0.2) is 21.8 Å². The Hall–Kier alpha value is -3.15. The minimum atomic E-state index is -3.88. The lowest BCUT2D eigenvalue weighted by molar-refractivity contribution is -0.116. The number of aryl methyl sites for hydroxylation is 1. The van der Waals surface area contributed by atoms with Crippen molar-refractivity contribution in [3.63, 3.8) is 0 Å². The van der Waals surface area contributed by atoms with Gasteiger partial charge in [0.05, 0.1) is 16.8 Å². The highest BCUT2D eigenvalue weighted by atomic mass is 35.5. The number of hydrogen-bond acceptors (Lipinski definition) is 6. The molecule has 0 saturated heterocycles. The number of sulfonamides is 2. The Morgan fingerprint density at radius 1 is 1.03 bits per heavy atom. The molecule has 34 heavy (non-hydrogen) atoms. The van der Waals surface area contributed by atoms with Gasteiger partial charge in [0, 0.05) is 16.9 Å². The molecule has 0 radical (unpaired) electrons. The Morgan fingerprint density at radius 3 is 2.29 bits per heavy atom. The van der Waals surface area contributed by atoms with Crippen LogP contribution < -0.4 is 14.3 Å². The monoisotopic (exact) mass is 522 g/mol. The first kappa shape index (κ1) is 25.5. The smallest absolute Gasteiger partial charge is 0.263 e. The highest BCUT2D eigenvalue weighted by Crippen LogP contribution is 2.28. The molecule has 12 heteroatoms.